The lowest BCUT2D eigenvalue weighted by Crippen LogP contribution is -2.41. The maximum absolute atomic E-state index is 13.8. The molecule has 30 heavy (non-hydrogen) atoms. The molecule has 0 atom stereocenters. The lowest BCUT2D eigenvalue weighted by atomic mass is 9.95. The second-order valence-electron chi connectivity index (χ2n) is 7.40. The number of para-hydroxylation sites is 2. The number of fused-ring (bicyclic) bond motifs is 2. The van der Waals surface area contributed by atoms with Crippen LogP contribution in [0.4, 0.5) is 11.4 Å². The lowest BCUT2D eigenvalue weighted by molar-refractivity contribution is -0.114. The smallest absolute Gasteiger partial charge is 0.272 e. The lowest BCUT2D eigenvalue weighted by Gasteiger charge is -2.32. The van der Waals surface area contributed by atoms with Crippen molar-refractivity contribution in [1.82, 2.24) is 0 Å². The van der Waals surface area contributed by atoms with Gasteiger partial charge in [-0.15, -0.1) is 0 Å². The molecular weight excluding hydrogens is 396 g/mol. The molecule has 3 aromatic carbocycles. The van der Waals surface area contributed by atoms with Crippen LogP contribution in [0.5, 0.6) is 0 Å². The Morgan fingerprint density at radius 3 is 2.23 bits per heavy atom. The Balaban J connectivity index is 1.80. The van der Waals surface area contributed by atoms with Gasteiger partial charge in [0.15, 0.2) is 4.91 Å². The van der Waals surface area contributed by atoms with Crippen LogP contribution in [-0.4, -0.2) is 27.9 Å². The second-order valence-corrected chi connectivity index (χ2v) is 9.30. The van der Waals surface area contributed by atoms with E-state index in [1.807, 2.05) is 66.7 Å². The monoisotopic (exact) mass is 416 g/mol. The van der Waals surface area contributed by atoms with Crippen molar-refractivity contribution in [2.75, 3.05) is 22.8 Å². The third-order valence-electron chi connectivity index (χ3n) is 5.75. The van der Waals surface area contributed by atoms with E-state index in [-0.39, 0.29) is 4.91 Å². The van der Waals surface area contributed by atoms with Crippen LogP contribution in [0.1, 0.15) is 16.7 Å². The average Bonchev–Trinajstić information content (AvgIpc) is 3.20. The van der Waals surface area contributed by atoms with E-state index in [9.17, 15) is 13.2 Å². The zero-order chi connectivity index (χ0) is 20.9. The Kier molecular flexibility index (Phi) is 4.25. The van der Waals surface area contributed by atoms with Gasteiger partial charge in [-0.25, -0.2) is 8.42 Å². The highest BCUT2D eigenvalue weighted by Crippen LogP contribution is 2.43. The minimum Gasteiger partial charge on any atom is -0.307 e. The average molecular weight is 417 g/mol. The number of carbonyl (C=O) groups is 1. The van der Waals surface area contributed by atoms with Crippen LogP contribution in [0.15, 0.2) is 83.8 Å². The summed E-state index contributed by atoms with van der Waals surface area (Å²) >= 11 is 0. The van der Waals surface area contributed by atoms with Gasteiger partial charge in [-0.2, -0.15) is 0 Å². The molecule has 0 radical (unpaired) electrons. The fourth-order valence-electron chi connectivity index (χ4n) is 4.26. The number of anilines is 2. The van der Waals surface area contributed by atoms with Crippen molar-refractivity contribution in [3.63, 3.8) is 0 Å². The van der Waals surface area contributed by atoms with Crippen LogP contribution in [-0.2, 0) is 21.2 Å². The van der Waals surface area contributed by atoms with Crippen LogP contribution >= 0.6 is 0 Å². The van der Waals surface area contributed by atoms with Crippen molar-refractivity contribution in [2.45, 2.75) is 6.42 Å². The van der Waals surface area contributed by atoms with Gasteiger partial charge in [0.1, 0.15) is 0 Å². The third-order valence-corrected chi connectivity index (χ3v) is 7.56. The highest BCUT2D eigenvalue weighted by molar-refractivity contribution is 7.97. The first-order valence-electron chi connectivity index (χ1n) is 9.78. The molecule has 0 fully saturated rings. The molecular formula is C24H20N2O3S. The maximum Gasteiger partial charge on any atom is 0.272 e. The molecule has 1 amide bonds. The van der Waals surface area contributed by atoms with Crippen molar-refractivity contribution in [3.05, 3.63) is 100 Å². The molecule has 0 N–H and O–H groups in total. The summed E-state index contributed by atoms with van der Waals surface area (Å²) in [5, 5.41) is 0. The van der Waals surface area contributed by atoms with Crippen molar-refractivity contribution in [1.29, 1.82) is 0 Å². The van der Waals surface area contributed by atoms with Gasteiger partial charge >= 0.3 is 0 Å². The predicted octanol–water partition coefficient (Wildman–Crippen LogP) is 3.81. The molecule has 150 valence electrons. The molecule has 3 aromatic rings. The number of rotatable bonds is 2. The number of amides is 1. The van der Waals surface area contributed by atoms with Gasteiger partial charge in [0.05, 0.1) is 5.69 Å². The highest BCUT2D eigenvalue weighted by Gasteiger charge is 2.42. The molecule has 5 rings (SSSR count). The van der Waals surface area contributed by atoms with E-state index in [1.54, 1.807) is 17.0 Å². The summed E-state index contributed by atoms with van der Waals surface area (Å²) in [6.07, 6.45) is 0.711. The molecule has 0 aliphatic carbocycles. The van der Waals surface area contributed by atoms with Gasteiger partial charge in [-0.3, -0.25) is 9.10 Å². The first-order valence-corrected chi connectivity index (χ1v) is 11.2. The molecule has 0 unspecified atom stereocenters. The number of hydrogen-bond donors (Lipinski definition) is 0. The van der Waals surface area contributed by atoms with Crippen LogP contribution in [0, 0.1) is 0 Å². The molecule has 0 saturated carbocycles. The summed E-state index contributed by atoms with van der Waals surface area (Å²) in [4.78, 5) is 15.2. The number of carbonyl (C=O) groups excluding carboxylic acids is 1. The van der Waals surface area contributed by atoms with Crippen molar-refractivity contribution in [2.24, 2.45) is 0 Å². The van der Waals surface area contributed by atoms with Gasteiger partial charge in [-0.05, 0) is 29.7 Å². The Bertz CT molecular complexity index is 1300. The van der Waals surface area contributed by atoms with Gasteiger partial charge in [0, 0.05) is 30.4 Å². The molecule has 2 aliphatic rings. The summed E-state index contributed by atoms with van der Waals surface area (Å²) in [5.41, 5.74) is 4.29. The van der Waals surface area contributed by atoms with Crippen LogP contribution in [0.2, 0.25) is 0 Å². The van der Waals surface area contributed by atoms with Crippen LogP contribution in [0.3, 0.4) is 0 Å². The molecule has 5 nitrogen and oxygen atoms in total. The van der Waals surface area contributed by atoms with Gasteiger partial charge in [-0.1, -0.05) is 66.7 Å². The van der Waals surface area contributed by atoms with Crippen LogP contribution < -0.4 is 9.21 Å². The van der Waals surface area contributed by atoms with Crippen molar-refractivity contribution < 1.29 is 13.2 Å². The second kappa shape index (κ2) is 6.85. The van der Waals surface area contributed by atoms with Gasteiger partial charge < -0.3 is 4.90 Å². The van der Waals surface area contributed by atoms with Gasteiger partial charge in [0.25, 0.3) is 15.9 Å². The zero-order valence-corrected chi connectivity index (χ0v) is 17.3. The zero-order valence-electron chi connectivity index (χ0n) is 16.4. The van der Waals surface area contributed by atoms with Gasteiger partial charge in [0.2, 0.25) is 0 Å². The first kappa shape index (κ1) is 18.6. The van der Waals surface area contributed by atoms with E-state index in [4.69, 9.17) is 0 Å². The first-order chi connectivity index (χ1) is 14.5. The summed E-state index contributed by atoms with van der Waals surface area (Å²) in [6.45, 7) is 0.463. The molecule has 0 spiro atoms. The Morgan fingerprint density at radius 2 is 1.47 bits per heavy atom. The van der Waals surface area contributed by atoms with Crippen molar-refractivity contribution >= 4 is 32.9 Å². The van der Waals surface area contributed by atoms with E-state index in [2.05, 4.69) is 0 Å². The quantitative estimate of drug-likeness (QED) is 0.638. The van der Waals surface area contributed by atoms with E-state index in [0.29, 0.717) is 29.8 Å². The van der Waals surface area contributed by atoms with E-state index < -0.39 is 15.9 Å². The van der Waals surface area contributed by atoms with E-state index >= 15 is 0 Å². The van der Waals surface area contributed by atoms with Crippen molar-refractivity contribution in [3.8, 4) is 0 Å². The molecule has 2 aliphatic heterocycles. The molecule has 2 heterocycles. The number of nitrogens with zero attached hydrogens (tertiary/aromatic N) is 2. The largest absolute Gasteiger partial charge is 0.307 e. The van der Waals surface area contributed by atoms with E-state index in [1.165, 1.54) is 11.4 Å². The Morgan fingerprint density at radius 1 is 0.833 bits per heavy atom. The topological polar surface area (TPSA) is 57.7 Å². The molecule has 0 aromatic heterocycles. The van der Waals surface area contributed by atoms with E-state index in [0.717, 1.165) is 16.8 Å². The SMILES string of the molecule is CN1c2ccccc2C(c2ccccc2)=C(C(=O)N2CCc3ccccc32)S1(=O)=O. The minimum absolute atomic E-state index is 0.174. The Hall–Kier alpha value is -3.38. The number of hydrogen-bond acceptors (Lipinski definition) is 3. The molecule has 0 bridgehead atoms. The molecule has 6 heteroatoms. The summed E-state index contributed by atoms with van der Waals surface area (Å²) in [6, 6.07) is 24.2. The van der Waals surface area contributed by atoms with Crippen LogP contribution in [0.25, 0.3) is 5.57 Å². The minimum atomic E-state index is -4.03. The fraction of sp³-hybridized carbons (Fsp3) is 0.125. The fourth-order valence-corrected chi connectivity index (χ4v) is 5.77. The summed E-state index contributed by atoms with van der Waals surface area (Å²) in [7, 11) is -2.53. The third kappa shape index (κ3) is 2.68. The Labute approximate surface area is 175 Å². The number of benzene rings is 3. The predicted molar refractivity (Wildman–Crippen MR) is 119 cm³/mol. The summed E-state index contributed by atoms with van der Waals surface area (Å²) < 4.78 is 28.4. The maximum atomic E-state index is 13.8. The highest BCUT2D eigenvalue weighted by atomic mass is 32.2. The normalized spacial score (nSPS) is 17.0. The summed E-state index contributed by atoms with van der Waals surface area (Å²) in [5.74, 6) is -0.486. The standard InChI is InChI=1S/C24H20N2O3S/c1-25-21-14-8-6-12-19(21)22(18-10-3-2-4-11-18)23(30(25,28)29)24(27)26-16-15-17-9-5-7-13-20(17)26/h2-14H,15-16H2,1H3. The molecule has 0 saturated heterocycles. The number of sulfonamides is 1.